The van der Waals surface area contributed by atoms with E-state index in [1.807, 2.05) is 34.6 Å². The molecule has 1 N–H and O–H groups in total. The zero-order chi connectivity index (χ0) is 10.9. The van der Waals surface area contributed by atoms with Crippen LogP contribution in [0.5, 0.6) is 0 Å². The van der Waals surface area contributed by atoms with Gasteiger partial charge >= 0.3 is 0 Å². The van der Waals surface area contributed by atoms with E-state index in [1.54, 1.807) is 0 Å². The van der Waals surface area contributed by atoms with E-state index in [0.717, 1.165) is 25.6 Å². The molecule has 0 heterocycles. The van der Waals surface area contributed by atoms with E-state index < -0.39 is 5.60 Å². The summed E-state index contributed by atoms with van der Waals surface area (Å²) in [6, 6.07) is 0. The summed E-state index contributed by atoms with van der Waals surface area (Å²) < 4.78 is 0. The highest BCUT2D eigenvalue weighted by molar-refractivity contribution is 6.08. The van der Waals surface area contributed by atoms with E-state index >= 15 is 0 Å². The molecule has 0 spiro atoms. The van der Waals surface area contributed by atoms with Crippen LogP contribution in [0.3, 0.4) is 0 Å². The molecule has 1 aliphatic carbocycles. The van der Waals surface area contributed by atoms with E-state index in [-0.39, 0.29) is 0 Å². The maximum atomic E-state index is 9.44. The summed E-state index contributed by atoms with van der Waals surface area (Å²) in [4.78, 5) is 0. The Morgan fingerprint density at radius 3 is 1.92 bits per heavy atom. The second kappa shape index (κ2) is 8.62. The van der Waals surface area contributed by atoms with Gasteiger partial charge in [0.25, 0.3) is 0 Å². The van der Waals surface area contributed by atoms with Gasteiger partial charge in [0, 0.05) is 0 Å². The minimum Gasteiger partial charge on any atom is -0.390 e. The molecule has 2 unspecified atom stereocenters. The van der Waals surface area contributed by atoms with Crippen LogP contribution in [0.1, 0.15) is 53.9 Å². The summed E-state index contributed by atoms with van der Waals surface area (Å²) in [5, 5.41) is 9.44. The lowest BCUT2D eigenvalue weighted by Crippen LogP contribution is -2.18. The molecule has 1 nitrogen and oxygen atoms in total. The van der Waals surface area contributed by atoms with Crippen molar-refractivity contribution in [1.82, 2.24) is 0 Å². The molecule has 2 atom stereocenters. The van der Waals surface area contributed by atoms with Gasteiger partial charge in [0.2, 0.25) is 0 Å². The van der Waals surface area contributed by atoms with Crippen molar-refractivity contribution in [1.29, 1.82) is 0 Å². The molecule has 0 saturated heterocycles. The van der Waals surface area contributed by atoms with Gasteiger partial charge in [-0.25, -0.2) is 0 Å². The fourth-order valence-electron chi connectivity index (χ4n) is 1.54. The second-order valence-electron chi connectivity index (χ2n) is 3.34. The predicted molar refractivity (Wildman–Crippen MR) is 61.2 cm³/mol. The van der Waals surface area contributed by atoms with E-state index in [2.05, 4.69) is 0 Å². The number of hydrogen-bond donors (Lipinski definition) is 1. The minimum atomic E-state index is -0.413. The zero-order valence-corrected chi connectivity index (χ0v) is 9.93. The van der Waals surface area contributed by atoms with E-state index in [4.69, 9.17) is 7.85 Å². The van der Waals surface area contributed by atoms with Gasteiger partial charge in [-0.1, -0.05) is 34.0 Å². The van der Waals surface area contributed by atoms with Gasteiger partial charge in [0.05, 0.1) is 13.4 Å². The Morgan fingerprint density at radius 2 is 1.77 bits per heavy atom. The third kappa shape index (κ3) is 7.12. The maximum Gasteiger partial charge on any atom is 0.0656 e. The normalized spacial score (nSPS) is 31.1. The summed E-state index contributed by atoms with van der Waals surface area (Å²) in [6.07, 6.45) is 3.65. The summed E-state index contributed by atoms with van der Waals surface area (Å²) >= 11 is 0. The molecule has 78 valence electrons. The molecule has 2 heteroatoms. The van der Waals surface area contributed by atoms with Gasteiger partial charge in [-0.2, -0.15) is 0 Å². The highest BCUT2D eigenvalue weighted by Crippen LogP contribution is 2.35. The lowest BCUT2D eigenvalue weighted by atomic mass is 9.89. The van der Waals surface area contributed by atoms with Crippen molar-refractivity contribution in [3.8, 4) is 0 Å². The molecular weight excluding hydrogens is 159 g/mol. The van der Waals surface area contributed by atoms with E-state index in [0.29, 0.717) is 5.92 Å². The van der Waals surface area contributed by atoms with Crippen molar-refractivity contribution in [3.05, 3.63) is 0 Å². The molecule has 1 fully saturated rings. The minimum absolute atomic E-state index is 0.413. The van der Waals surface area contributed by atoms with Crippen molar-refractivity contribution in [2.45, 2.75) is 65.8 Å². The Balaban J connectivity index is 0. The Labute approximate surface area is 85.3 Å². The molecule has 2 radical (unpaired) electrons. The average molecular weight is 184 g/mol. The first kappa shape index (κ1) is 15.5. The first-order chi connectivity index (χ1) is 6.14. The van der Waals surface area contributed by atoms with Crippen LogP contribution in [0.15, 0.2) is 0 Å². The van der Waals surface area contributed by atoms with Crippen LogP contribution in [0.4, 0.5) is 0 Å². The lowest BCUT2D eigenvalue weighted by Gasteiger charge is -2.14. The summed E-state index contributed by atoms with van der Waals surface area (Å²) in [6.45, 7) is 9.89. The molecule has 13 heavy (non-hydrogen) atoms. The van der Waals surface area contributed by atoms with Crippen molar-refractivity contribution in [3.63, 3.8) is 0 Å². The Morgan fingerprint density at radius 1 is 1.31 bits per heavy atom. The fraction of sp³-hybridized carbons (Fsp3) is 1.00. The van der Waals surface area contributed by atoms with Crippen LogP contribution in [0, 0.1) is 5.92 Å². The summed E-state index contributed by atoms with van der Waals surface area (Å²) in [7, 11) is 5.44. The Kier molecular flexibility index (Phi) is 10.3. The van der Waals surface area contributed by atoms with Gasteiger partial charge in [-0.15, -0.1) is 0 Å². The first-order valence-corrected chi connectivity index (χ1v) is 5.56. The molecular formula is C11H25BO. The standard InChI is InChI=1S/C7H13BO.2C2H6/c1-7(9)3-2-6(4-7)5-8;2*1-2/h6,9H,2-5H2,1H3;2*1-2H3. The van der Waals surface area contributed by atoms with Crippen LogP contribution < -0.4 is 0 Å². The molecule has 1 aliphatic rings. The van der Waals surface area contributed by atoms with Gasteiger partial charge in [0.1, 0.15) is 0 Å². The number of rotatable bonds is 1. The fourth-order valence-corrected chi connectivity index (χ4v) is 1.54. The topological polar surface area (TPSA) is 20.2 Å². The Hall–Kier alpha value is 0.0249. The molecule has 0 amide bonds. The van der Waals surface area contributed by atoms with Crippen molar-refractivity contribution in [2.75, 3.05) is 0 Å². The van der Waals surface area contributed by atoms with E-state index in [9.17, 15) is 5.11 Å². The molecule has 0 aliphatic heterocycles. The quantitative estimate of drug-likeness (QED) is 0.620. The highest BCUT2D eigenvalue weighted by Gasteiger charge is 2.31. The van der Waals surface area contributed by atoms with E-state index in [1.165, 1.54) is 0 Å². The third-order valence-electron chi connectivity index (χ3n) is 2.15. The van der Waals surface area contributed by atoms with Crippen molar-refractivity contribution in [2.24, 2.45) is 5.92 Å². The maximum absolute atomic E-state index is 9.44. The molecule has 0 aromatic carbocycles. The average Bonchev–Trinajstić information content (AvgIpc) is 2.52. The van der Waals surface area contributed by atoms with Gasteiger partial charge < -0.3 is 5.11 Å². The molecule has 1 saturated carbocycles. The van der Waals surface area contributed by atoms with Gasteiger partial charge in [0.15, 0.2) is 0 Å². The molecule has 0 bridgehead atoms. The lowest BCUT2D eigenvalue weighted by molar-refractivity contribution is 0.0644. The van der Waals surface area contributed by atoms with Crippen LogP contribution in [0.2, 0.25) is 6.32 Å². The van der Waals surface area contributed by atoms with Crippen LogP contribution in [0.25, 0.3) is 0 Å². The number of hydrogen-bond acceptors (Lipinski definition) is 1. The van der Waals surface area contributed by atoms with Gasteiger partial charge in [-0.3, -0.25) is 0 Å². The summed E-state index contributed by atoms with van der Waals surface area (Å²) in [5.74, 6) is 0.569. The molecule has 1 rings (SSSR count). The first-order valence-electron chi connectivity index (χ1n) is 5.56. The summed E-state index contributed by atoms with van der Waals surface area (Å²) in [5.41, 5.74) is -0.413. The predicted octanol–water partition coefficient (Wildman–Crippen LogP) is 3.18. The van der Waals surface area contributed by atoms with Gasteiger partial charge in [-0.05, 0) is 32.1 Å². The third-order valence-corrected chi connectivity index (χ3v) is 2.15. The SMILES string of the molecule is CC.CC.[B]CC1CCC(C)(O)C1. The zero-order valence-electron chi connectivity index (χ0n) is 9.93. The van der Waals surface area contributed by atoms with Crippen molar-refractivity contribution >= 4 is 7.85 Å². The Bertz CT molecular complexity index is 102. The van der Waals surface area contributed by atoms with Crippen LogP contribution >= 0.6 is 0 Å². The molecule has 0 aromatic rings. The van der Waals surface area contributed by atoms with Crippen LogP contribution in [-0.2, 0) is 0 Å². The monoisotopic (exact) mass is 184 g/mol. The smallest absolute Gasteiger partial charge is 0.0656 e. The largest absolute Gasteiger partial charge is 0.390 e. The van der Waals surface area contributed by atoms with Crippen molar-refractivity contribution < 1.29 is 5.11 Å². The van der Waals surface area contributed by atoms with Crippen LogP contribution in [-0.4, -0.2) is 18.6 Å². The number of aliphatic hydroxyl groups is 1. The highest BCUT2D eigenvalue weighted by atomic mass is 16.3. The second-order valence-corrected chi connectivity index (χ2v) is 3.34. The molecule has 0 aromatic heterocycles.